The van der Waals surface area contributed by atoms with Crippen LogP contribution in [0.15, 0.2) is 109 Å². The Morgan fingerprint density at radius 2 is 1.48 bits per heavy atom. The minimum Gasteiger partial charge on any atom is -0.457 e. The molecule has 7 rings (SSSR count). The molecule has 7 aromatic rings. The average Bonchev–Trinajstić information content (AvgIpc) is 3.60. The number of benzene rings is 4. The minimum absolute atomic E-state index is 0.403. The molecule has 0 saturated heterocycles. The van der Waals surface area contributed by atoms with Crippen LogP contribution in [0.1, 0.15) is 88.2 Å². The number of aromatic nitrogens is 4. The normalized spacial score (nSPS) is 12.4. The third-order valence-corrected chi connectivity index (χ3v) is 10.1. The van der Waals surface area contributed by atoms with Gasteiger partial charge < -0.3 is 4.74 Å². The molecular weight excluding hydrogens is 613 g/mol. The summed E-state index contributed by atoms with van der Waals surface area (Å²) in [5, 5.41) is 7.38. The van der Waals surface area contributed by atoms with E-state index in [1.54, 1.807) is 0 Å². The first-order chi connectivity index (χ1) is 24.2. The number of hydrogen-bond acceptors (Lipinski definition) is 3. The van der Waals surface area contributed by atoms with E-state index in [9.17, 15) is 0 Å². The second-order valence-corrected chi connectivity index (χ2v) is 14.5. The van der Waals surface area contributed by atoms with Gasteiger partial charge >= 0.3 is 0 Å². The standard InChI is InChI=1S/C45H48N4O/c1-29(2)13-11-14-31(5)36-19-22-42-41(25-36)40-21-20-39(28-43(40)48(42)44-26-35(30(3)4)23-24-46-44)50-38-18-12-17-37(27-38)49-33(7)45(32(6)47-49)34-15-9-8-10-16-34/h8-10,12,15-31H,11,13-14H2,1-7H3. The molecule has 0 aliphatic rings. The Kier molecular flexibility index (Phi) is 9.33. The monoisotopic (exact) mass is 660 g/mol. The molecule has 0 amide bonds. The van der Waals surface area contributed by atoms with Gasteiger partial charge in [-0.2, -0.15) is 5.10 Å². The van der Waals surface area contributed by atoms with Crippen LogP contribution in [0.4, 0.5) is 0 Å². The zero-order valence-electron chi connectivity index (χ0n) is 30.4. The van der Waals surface area contributed by atoms with Crippen LogP contribution in [0, 0.1) is 19.8 Å². The second kappa shape index (κ2) is 14.0. The van der Waals surface area contributed by atoms with Crippen molar-refractivity contribution in [2.24, 2.45) is 5.92 Å². The molecule has 1 atom stereocenters. The highest BCUT2D eigenvalue weighted by atomic mass is 16.5. The molecule has 0 aliphatic heterocycles. The van der Waals surface area contributed by atoms with Gasteiger partial charge in [-0.25, -0.2) is 9.67 Å². The zero-order valence-corrected chi connectivity index (χ0v) is 30.4. The summed E-state index contributed by atoms with van der Waals surface area (Å²) >= 11 is 0. The maximum Gasteiger partial charge on any atom is 0.137 e. The first kappa shape index (κ1) is 33.3. The maximum atomic E-state index is 6.61. The van der Waals surface area contributed by atoms with Crippen molar-refractivity contribution in [3.63, 3.8) is 0 Å². The number of aryl methyl sites for hydroxylation is 1. The number of pyridine rings is 1. The van der Waals surface area contributed by atoms with Crippen molar-refractivity contribution in [3.8, 4) is 34.1 Å². The number of hydrogen-bond donors (Lipinski definition) is 0. The molecule has 1 unspecified atom stereocenters. The summed E-state index contributed by atoms with van der Waals surface area (Å²) in [4.78, 5) is 4.89. The van der Waals surface area contributed by atoms with Crippen LogP contribution >= 0.6 is 0 Å². The van der Waals surface area contributed by atoms with E-state index in [-0.39, 0.29) is 0 Å². The summed E-state index contributed by atoms with van der Waals surface area (Å²) < 4.78 is 10.9. The fourth-order valence-electron chi connectivity index (χ4n) is 7.28. The van der Waals surface area contributed by atoms with Gasteiger partial charge in [0, 0.05) is 40.4 Å². The van der Waals surface area contributed by atoms with Crippen LogP contribution in [0.25, 0.3) is 44.4 Å². The van der Waals surface area contributed by atoms with Crippen LogP contribution in [-0.2, 0) is 0 Å². The van der Waals surface area contributed by atoms with Crippen LogP contribution in [0.2, 0.25) is 0 Å². The summed E-state index contributed by atoms with van der Waals surface area (Å²) in [7, 11) is 0. The topological polar surface area (TPSA) is 44.9 Å². The van der Waals surface area contributed by atoms with Crippen molar-refractivity contribution >= 4 is 21.8 Å². The summed E-state index contributed by atoms with van der Waals surface area (Å²) in [6, 6.07) is 36.5. The first-order valence-electron chi connectivity index (χ1n) is 18.1. The molecule has 0 fully saturated rings. The SMILES string of the molecule is Cc1nn(-c2cccc(Oc3ccc4c5cc(C(C)CCCC(C)C)ccc5n(-c5cc(C(C)C)ccn5)c4c3)c2)c(C)c1-c1ccccc1. The highest BCUT2D eigenvalue weighted by Crippen LogP contribution is 2.38. The van der Waals surface area contributed by atoms with E-state index in [4.69, 9.17) is 14.8 Å². The van der Waals surface area contributed by atoms with Crippen molar-refractivity contribution in [3.05, 3.63) is 132 Å². The molecule has 5 nitrogen and oxygen atoms in total. The third-order valence-electron chi connectivity index (χ3n) is 10.1. The molecule has 0 bridgehead atoms. The Bertz CT molecular complexity index is 2270. The zero-order chi connectivity index (χ0) is 34.9. The van der Waals surface area contributed by atoms with Gasteiger partial charge in [-0.15, -0.1) is 0 Å². The smallest absolute Gasteiger partial charge is 0.137 e. The highest BCUT2D eigenvalue weighted by molar-refractivity contribution is 6.09. The van der Waals surface area contributed by atoms with Gasteiger partial charge in [0.1, 0.15) is 17.3 Å². The summed E-state index contributed by atoms with van der Waals surface area (Å²) in [6.07, 6.45) is 5.65. The third kappa shape index (κ3) is 6.57. The molecular formula is C45H48N4O. The van der Waals surface area contributed by atoms with E-state index in [1.165, 1.54) is 52.3 Å². The predicted octanol–water partition coefficient (Wildman–Crippen LogP) is 12.5. The van der Waals surface area contributed by atoms with Crippen LogP contribution in [0.5, 0.6) is 11.5 Å². The van der Waals surface area contributed by atoms with E-state index in [0.717, 1.165) is 51.3 Å². The van der Waals surface area contributed by atoms with Crippen LogP contribution in [0.3, 0.4) is 0 Å². The molecule has 5 heteroatoms. The Balaban J connectivity index is 1.28. The first-order valence-corrected chi connectivity index (χ1v) is 18.1. The lowest BCUT2D eigenvalue weighted by Gasteiger charge is -2.14. The Labute approximate surface area is 296 Å². The molecule has 254 valence electrons. The molecule has 0 radical (unpaired) electrons. The molecule has 3 heterocycles. The van der Waals surface area contributed by atoms with Gasteiger partial charge in [-0.1, -0.05) is 89.9 Å². The summed E-state index contributed by atoms with van der Waals surface area (Å²) in [5.74, 6) is 4.10. The lowest BCUT2D eigenvalue weighted by molar-refractivity contribution is 0.482. The number of nitrogens with zero attached hydrogens (tertiary/aromatic N) is 4. The minimum atomic E-state index is 0.403. The van der Waals surface area contributed by atoms with Crippen molar-refractivity contribution in [1.82, 2.24) is 19.3 Å². The molecule has 0 aliphatic carbocycles. The second-order valence-electron chi connectivity index (χ2n) is 14.5. The molecule has 3 aromatic heterocycles. The van der Waals surface area contributed by atoms with Crippen molar-refractivity contribution in [2.45, 2.75) is 79.6 Å². The number of ether oxygens (including phenoxy) is 1. The Hall–Kier alpha value is -5.16. The predicted molar refractivity (Wildman–Crippen MR) is 208 cm³/mol. The van der Waals surface area contributed by atoms with Crippen molar-refractivity contribution < 1.29 is 4.74 Å². The number of rotatable bonds is 11. The molecule has 0 N–H and O–H groups in total. The average molecular weight is 661 g/mol. The van der Waals surface area contributed by atoms with Crippen molar-refractivity contribution in [1.29, 1.82) is 0 Å². The van der Waals surface area contributed by atoms with E-state index >= 15 is 0 Å². The van der Waals surface area contributed by atoms with E-state index in [1.807, 2.05) is 29.1 Å². The Morgan fingerprint density at radius 1 is 0.680 bits per heavy atom. The molecule has 0 saturated carbocycles. The van der Waals surface area contributed by atoms with Gasteiger partial charge in [0.05, 0.1) is 22.4 Å². The molecule has 4 aromatic carbocycles. The summed E-state index contributed by atoms with van der Waals surface area (Å²) in [6.45, 7) is 15.6. The van der Waals surface area contributed by atoms with Gasteiger partial charge in [0.25, 0.3) is 0 Å². The molecule has 50 heavy (non-hydrogen) atoms. The largest absolute Gasteiger partial charge is 0.457 e. The van der Waals surface area contributed by atoms with E-state index in [0.29, 0.717) is 11.8 Å². The van der Waals surface area contributed by atoms with Crippen LogP contribution in [-0.4, -0.2) is 19.3 Å². The summed E-state index contributed by atoms with van der Waals surface area (Å²) in [5.41, 5.74) is 10.3. The van der Waals surface area contributed by atoms with E-state index < -0.39 is 0 Å². The van der Waals surface area contributed by atoms with Crippen LogP contribution < -0.4 is 4.74 Å². The Morgan fingerprint density at radius 3 is 2.26 bits per heavy atom. The van der Waals surface area contributed by atoms with Crippen molar-refractivity contribution in [2.75, 3.05) is 0 Å². The molecule has 0 spiro atoms. The highest BCUT2D eigenvalue weighted by Gasteiger charge is 2.18. The van der Waals surface area contributed by atoms with Gasteiger partial charge in [-0.05, 0) is 103 Å². The van der Waals surface area contributed by atoms with Gasteiger partial charge in [0.2, 0.25) is 0 Å². The van der Waals surface area contributed by atoms with E-state index in [2.05, 4.69) is 138 Å². The lowest BCUT2D eigenvalue weighted by Crippen LogP contribution is -2.00. The maximum absolute atomic E-state index is 6.61. The fourth-order valence-corrected chi connectivity index (χ4v) is 7.28. The fraction of sp³-hybridized carbons (Fsp3) is 0.289. The number of fused-ring (bicyclic) bond motifs is 3. The quantitative estimate of drug-likeness (QED) is 0.139. The van der Waals surface area contributed by atoms with Gasteiger partial charge in [0.15, 0.2) is 0 Å². The van der Waals surface area contributed by atoms with Gasteiger partial charge in [-0.3, -0.25) is 4.57 Å². The lowest BCUT2D eigenvalue weighted by atomic mass is 9.92.